The minimum absolute atomic E-state index is 0.00346. The normalized spacial score (nSPS) is 13.6. The topological polar surface area (TPSA) is 335 Å². The van der Waals surface area contributed by atoms with Crippen LogP contribution in [-0.2, 0) is 36.8 Å². The summed E-state index contributed by atoms with van der Waals surface area (Å²) in [5.74, 6) is -4.42. The van der Waals surface area contributed by atoms with Crippen LogP contribution in [0.15, 0.2) is 82.8 Å². The van der Waals surface area contributed by atoms with Crippen molar-refractivity contribution in [1.82, 2.24) is 21.3 Å². The first kappa shape index (κ1) is 43.1. The Bertz CT molecular complexity index is 1810. The number of aliphatic carboxylic acids is 1. The molecule has 3 rings (SSSR count). The average Bonchev–Trinajstić information content (AvgIpc) is 3.15. The quantitative estimate of drug-likeness (QED) is 0.0302. The molecule has 296 valence electrons. The van der Waals surface area contributed by atoms with E-state index in [9.17, 15) is 29.1 Å². The van der Waals surface area contributed by atoms with E-state index in [1.54, 1.807) is 30.3 Å². The van der Waals surface area contributed by atoms with Gasteiger partial charge in [-0.3, -0.25) is 29.2 Å². The van der Waals surface area contributed by atoms with E-state index >= 15 is 0 Å². The lowest BCUT2D eigenvalue weighted by Gasteiger charge is -2.27. The number of fused-ring (bicyclic) bond motifs is 1. The van der Waals surface area contributed by atoms with Crippen LogP contribution in [0.25, 0.3) is 10.8 Å². The summed E-state index contributed by atoms with van der Waals surface area (Å²) in [5, 5.41) is 21.9. The molecular formula is C37H52N12O6. The SMILES string of the molecule is NC[C@H](NC(=O)[C@@H](Cc1ccccc1)NC(=O)[C@H](Cc1ccc2ccccc2c1)NC(=O)[C@H](CCCN=C(N)N)NC(=O)[C@H](N)CCCN=C(N)N)C(=O)O. The van der Waals surface area contributed by atoms with E-state index in [0.717, 1.165) is 10.8 Å². The average molecular weight is 761 g/mol. The third-order valence-electron chi connectivity index (χ3n) is 8.54. The molecule has 4 amide bonds. The molecule has 0 saturated heterocycles. The molecule has 0 aliphatic rings. The van der Waals surface area contributed by atoms with Crippen LogP contribution in [-0.4, -0.2) is 96.5 Å². The van der Waals surface area contributed by atoms with Crippen LogP contribution in [0.1, 0.15) is 36.8 Å². The highest BCUT2D eigenvalue weighted by Crippen LogP contribution is 2.17. The van der Waals surface area contributed by atoms with Gasteiger partial charge < -0.3 is 60.8 Å². The number of carbonyl (C=O) groups excluding carboxylic acids is 4. The van der Waals surface area contributed by atoms with E-state index in [4.69, 9.17) is 34.4 Å². The molecule has 0 unspecified atom stereocenters. The van der Waals surface area contributed by atoms with Crippen molar-refractivity contribution in [3.8, 4) is 0 Å². The monoisotopic (exact) mass is 760 g/mol. The standard InChI is InChI=1S/C37H52N12O6/c38-21-30(35(54)55)49-34(53)28(19-22-8-2-1-3-9-22)48-33(52)29(20-23-14-15-24-10-4-5-11-25(24)18-23)47-32(51)27(13-7-17-45-37(42)43)46-31(50)26(39)12-6-16-44-36(40)41/h1-5,8-11,14-15,18,26-30H,6-7,12-13,16-17,19-21,38-39H2,(H,46,50)(H,47,51)(H,48,52)(H,49,53)(H,54,55)(H4,40,41,44)(H4,42,43,45)/t26-,27+,28-,29+,30+/m1/s1. The Morgan fingerprint density at radius 1 is 0.582 bits per heavy atom. The number of carboxylic acids is 1. The van der Waals surface area contributed by atoms with Gasteiger partial charge in [-0.1, -0.05) is 72.8 Å². The zero-order chi connectivity index (χ0) is 40.3. The van der Waals surface area contributed by atoms with E-state index in [0.29, 0.717) is 17.5 Å². The number of benzene rings is 3. The lowest BCUT2D eigenvalue weighted by molar-refractivity contribution is -0.142. The van der Waals surface area contributed by atoms with Crippen LogP contribution < -0.4 is 55.7 Å². The highest BCUT2D eigenvalue weighted by molar-refractivity contribution is 5.96. The Balaban J connectivity index is 1.93. The molecule has 55 heavy (non-hydrogen) atoms. The molecule has 5 atom stereocenters. The number of hydrogen-bond donors (Lipinski definition) is 11. The van der Waals surface area contributed by atoms with E-state index < -0.39 is 59.8 Å². The van der Waals surface area contributed by atoms with Crippen molar-refractivity contribution in [2.75, 3.05) is 19.6 Å². The number of hydrogen-bond acceptors (Lipinski definition) is 9. The molecule has 0 aromatic heterocycles. The predicted molar refractivity (Wildman–Crippen MR) is 210 cm³/mol. The Hall–Kier alpha value is -6.27. The molecule has 17 N–H and O–H groups in total. The number of amides is 4. The van der Waals surface area contributed by atoms with Gasteiger partial charge in [-0.05, 0) is 47.6 Å². The first-order valence-electron chi connectivity index (χ1n) is 17.8. The number of nitrogens with two attached hydrogens (primary N) is 6. The van der Waals surface area contributed by atoms with E-state index in [1.807, 2.05) is 42.5 Å². The van der Waals surface area contributed by atoms with Gasteiger partial charge in [0.1, 0.15) is 24.2 Å². The van der Waals surface area contributed by atoms with Gasteiger partial charge >= 0.3 is 5.97 Å². The van der Waals surface area contributed by atoms with Gasteiger partial charge in [0.15, 0.2) is 11.9 Å². The summed E-state index contributed by atoms with van der Waals surface area (Å²) in [6.07, 6.45) is 0.961. The largest absolute Gasteiger partial charge is 0.480 e. The summed E-state index contributed by atoms with van der Waals surface area (Å²) < 4.78 is 0. The fourth-order valence-electron chi connectivity index (χ4n) is 5.61. The summed E-state index contributed by atoms with van der Waals surface area (Å²) >= 11 is 0. The Morgan fingerprint density at radius 3 is 1.64 bits per heavy atom. The van der Waals surface area contributed by atoms with Crippen molar-refractivity contribution >= 4 is 52.3 Å². The van der Waals surface area contributed by atoms with Gasteiger partial charge in [0.05, 0.1) is 6.04 Å². The van der Waals surface area contributed by atoms with Crippen molar-refractivity contribution in [3.05, 3.63) is 83.9 Å². The summed E-state index contributed by atoms with van der Waals surface area (Å²) in [4.78, 5) is 74.4. The smallest absolute Gasteiger partial charge is 0.327 e. The second-order valence-electron chi connectivity index (χ2n) is 12.9. The number of aliphatic imine (C=N–C) groups is 2. The summed E-state index contributed by atoms with van der Waals surface area (Å²) in [7, 11) is 0. The van der Waals surface area contributed by atoms with E-state index in [1.165, 1.54) is 0 Å². The fourth-order valence-corrected chi connectivity index (χ4v) is 5.61. The highest BCUT2D eigenvalue weighted by Gasteiger charge is 2.32. The Morgan fingerprint density at radius 2 is 1.07 bits per heavy atom. The molecule has 0 heterocycles. The highest BCUT2D eigenvalue weighted by atomic mass is 16.4. The van der Waals surface area contributed by atoms with Crippen molar-refractivity contribution in [2.45, 2.75) is 68.7 Å². The van der Waals surface area contributed by atoms with Crippen LogP contribution in [0.5, 0.6) is 0 Å². The maximum atomic E-state index is 14.2. The number of guanidine groups is 2. The van der Waals surface area contributed by atoms with Gasteiger partial charge in [-0.15, -0.1) is 0 Å². The van der Waals surface area contributed by atoms with Gasteiger partial charge in [0.2, 0.25) is 23.6 Å². The molecule has 3 aromatic carbocycles. The number of carbonyl (C=O) groups is 5. The van der Waals surface area contributed by atoms with Crippen LogP contribution in [0, 0.1) is 0 Å². The number of nitrogens with one attached hydrogen (secondary N) is 4. The maximum Gasteiger partial charge on any atom is 0.327 e. The first-order chi connectivity index (χ1) is 26.3. The molecule has 0 aliphatic heterocycles. The zero-order valence-corrected chi connectivity index (χ0v) is 30.5. The van der Waals surface area contributed by atoms with Crippen LogP contribution in [0.3, 0.4) is 0 Å². The molecule has 0 aliphatic carbocycles. The third kappa shape index (κ3) is 14.9. The van der Waals surface area contributed by atoms with Gasteiger partial charge in [0, 0.05) is 32.5 Å². The molecule has 18 heteroatoms. The molecule has 0 saturated carbocycles. The van der Waals surface area contributed by atoms with Crippen LogP contribution in [0.2, 0.25) is 0 Å². The van der Waals surface area contributed by atoms with Crippen molar-refractivity contribution in [2.24, 2.45) is 44.4 Å². The molecule has 0 spiro atoms. The Labute approximate surface area is 318 Å². The molecular weight excluding hydrogens is 708 g/mol. The molecule has 3 aromatic rings. The minimum Gasteiger partial charge on any atom is -0.480 e. The maximum absolute atomic E-state index is 14.2. The second kappa shape index (κ2) is 22.1. The molecule has 0 radical (unpaired) electrons. The van der Waals surface area contributed by atoms with E-state index in [2.05, 4.69) is 31.3 Å². The van der Waals surface area contributed by atoms with Crippen molar-refractivity contribution < 1.29 is 29.1 Å². The third-order valence-corrected chi connectivity index (χ3v) is 8.54. The number of rotatable bonds is 22. The van der Waals surface area contributed by atoms with Gasteiger partial charge in [-0.25, -0.2) is 4.79 Å². The van der Waals surface area contributed by atoms with Crippen LogP contribution >= 0.6 is 0 Å². The number of carboxylic acid groups (broad SMARTS) is 1. The Kier molecular flexibility index (Phi) is 17.3. The minimum atomic E-state index is -1.41. The van der Waals surface area contributed by atoms with Crippen LogP contribution in [0.4, 0.5) is 0 Å². The van der Waals surface area contributed by atoms with Gasteiger partial charge in [0.25, 0.3) is 0 Å². The molecule has 0 fully saturated rings. The first-order valence-corrected chi connectivity index (χ1v) is 17.8. The number of nitrogens with zero attached hydrogens (tertiary/aromatic N) is 2. The lowest BCUT2D eigenvalue weighted by atomic mass is 9.99. The van der Waals surface area contributed by atoms with Gasteiger partial charge in [-0.2, -0.15) is 0 Å². The van der Waals surface area contributed by atoms with Crippen molar-refractivity contribution in [3.63, 3.8) is 0 Å². The predicted octanol–water partition coefficient (Wildman–Crippen LogP) is -1.96. The van der Waals surface area contributed by atoms with Crippen molar-refractivity contribution in [1.29, 1.82) is 0 Å². The summed E-state index contributed by atoms with van der Waals surface area (Å²) in [5.41, 5.74) is 34.7. The zero-order valence-electron chi connectivity index (χ0n) is 30.5. The second-order valence-corrected chi connectivity index (χ2v) is 12.9. The summed E-state index contributed by atoms with van der Waals surface area (Å²) in [6.45, 7) is 0.0255. The molecule has 18 nitrogen and oxygen atoms in total. The lowest BCUT2D eigenvalue weighted by Crippen LogP contribution is -2.59. The van der Waals surface area contributed by atoms with E-state index in [-0.39, 0.29) is 63.7 Å². The molecule has 0 bridgehead atoms. The summed E-state index contributed by atoms with van der Waals surface area (Å²) in [6, 6.07) is 15.9. The fraction of sp³-hybridized carbons (Fsp3) is 0.378.